The molecule has 154 valence electrons. The average Bonchev–Trinajstić information content (AvgIpc) is 2.42. The summed E-state index contributed by atoms with van der Waals surface area (Å²) in [6, 6.07) is 0. The Hall–Kier alpha value is -1.41. The Balaban J connectivity index is 6.00. The minimum Gasteiger partial charge on any atom is -0.455 e. The zero-order valence-electron chi connectivity index (χ0n) is 11.5. The molecular formula is C10H4ClF13O2. The van der Waals surface area contributed by atoms with Gasteiger partial charge in [0.25, 0.3) is 0 Å². The molecular weight excluding hydrogens is 435 g/mol. The van der Waals surface area contributed by atoms with Crippen LogP contribution in [-0.2, 0) is 9.53 Å². The topological polar surface area (TPSA) is 26.3 Å². The Morgan fingerprint density at radius 2 is 1.08 bits per heavy atom. The standard InChI is InChI=1S/C10H4ClF13O2/c1-3(11)4(25)26-2-5(12,13)6(14,15)7(16,17)8(18,19)9(20,21)10(22,23)24/h1-2H2. The van der Waals surface area contributed by atoms with Gasteiger partial charge in [0.1, 0.15) is 5.03 Å². The van der Waals surface area contributed by atoms with Crippen molar-refractivity contribution >= 4 is 17.6 Å². The average molecular weight is 439 g/mol. The second-order valence-electron chi connectivity index (χ2n) is 4.48. The molecule has 0 amide bonds. The van der Waals surface area contributed by atoms with Crippen LogP contribution >= 0.6 is 11.6 Å². The Labute approximate surface area is 139 Å². The van der Waals surface area contributed by atoms with E-state index in [2.05, 4.69) is 11.3 Å². The molecule has 0 aliphatic rings. The lowest BCUT2D eigenvalue weighted by Gasteiger charge is -2.39. The van der Waals surface area contributed by atoms with E-state index in [9.17, 15) is 61.9 Å². The quantitative estimate of drug-likeness (QED) is 0.317. The number of ether oxygens (including phenoxy) is 1. The van der Waals surface area contributed by atoms with Crippen LogP contribution in [0.4, 0.5) is 57.1 Å². The van der Waals surface area contributed by atoms with Crippen molar-refractivity contribution in [2.45, 2.75) is 35.8 Å². The molecule has 0 aromatic carbocycles. The third-order valence-electron chi connectivity index (χ3n) is 2.60. The number of carbonyl (C=O) groups excluding carboxylic acids is 1. The zero-order chi connectivity index (χ0) is 21.6. The van der Waals surface area contributed by atoms with E-state index in [0.29, 0.717) is 0 Å². The second-order valence-corrected chi connectivity index (χ2v) is 4.94. The third-order valence-corrected chi connectivity index (χ3v) is 2.76. The first kappa shape index (κ1) is 24.6. The summed E-state index contributed by atoms with van der Waals surface area (Å²) in [4.78, 5) is 10.6. The van der Waals surface area contributed by atoms with Crippen LogP contribution < -0.4 is 0 Å². The van der Waals surface area contributed by atoms with Gasteiger partial charge in [0.2, 0.25) is 0 Å². The molecule has 26 heavy (non-hydrogen) atoms. The van der Waals surface area contributed by atoms with Gasteiger partial charge in [-0.1, -0.05) is 18.2 Å². The van der Waals surface area contributed by atoms with Gasteiger partial charge >= 0.3 is 41.8 Å². The first-order chi connectivity index (χ1) is 11.1. The number of esters is 1. The van der Waals surface area contributed by atoms with Crippen molar-refractivity contribution in [2.24, 2.45) is 0 Å². The van der Waals surface area contributed by atoms with Crippen molar-refractivity contribution < 1.29 is 66.6 Å². The molecule has 2 nitrogen and oxygen atoms in total. The molecule has 16 heteroatoms. The smallest absolute Gasteiger partial charge is 0.455 e. The predicted molar refractivity (Wildman–Crippen MR) is 56.7 cm³/mol. The zero-order valence-corrected chi connectivity index (χ0v) is 12.3. The third kappa shape index (κ3) is 3.67. The van der Waals surface area contributed by atoms with Gasteiger partial charge in [0.15, 0.2) is 6.61 Å². The van der Waals surface area contributed by atoms with E-state index in [1.807, 2.05) is 0 Å². The molecule has 0 aromatic rings. The summed E-state index contributed by atoms with van der Waals surface area (Å²) >= 11 is 4.75. The van der Waals surface area contributed by atoms with Crippen molar-refractivity contribution in [1.82, 2.24) is 0 Å². The highest BCUT2D eigenvalue weighted by molar-refractivity contribution is 6.40. The molecule has 0 fully saturated rings. The Kier molecular flexibility index (Phi) is 6.28. The van der Waals surface area contributed by atoms with Crippen LogP contribution in [0.15, 0.2) is 11.6 Å². The molecule has 0 aliphatic carbocycles. The number of halogens is 14. The van der Waals surface area contributed by atoms with E-state index < -0.39 is 53.4 Å². The monoisotopic (exact) mass is 438 g/mol. The maximum absolute atomic E-state index is 13.1. The van der Waals surface area contributed by atoms with Crippen molar-refractivity contribution in [3.8, 4) is 0 Å². The maximum Gasteiger partial charge on any atom is 0.460 e. The summed E-state index contributed by atoms with van der Waals surface area (Å²) in [5.41, 5.74) is 0. The molecule has 0 aliphatic heterocycles. The lowest BCUT2D eigenvalue weighted by Crippen LogP contribution is -2.70. The van der Waals surface area contributed by atoms with Crippen molar-refractivity contribution in [3.05, 3.63) is 11.6 Å². The van der Waals surface area contributed by atoms with Crippen LogP contribution in [0.25, 0.3) is 0 Å². The molecule has 0 N–H and O–H groups in total. The Morgan fingerprint density at radius 1 is 0.731 bits per heavy atom. The molecule has 0 unspecified atom stereocenters. The molecule has 0 aromatic heterocycles. The lowest BCUT2D eigenvalue weighted by molar-refractivity contribution is -0.441. The van der Waals surface area contributed by atoms with Crippen LogP contribution in [0.2, 0.25) is 0 Å². The van der Waals surface area contributed by atoms with E-state index in [0.717, 1.165) is 0 Å². The van der Waals surface area contributed by atoms with Crippen LogP contribution in [0.1, 0.15) is 0 Å². The fourth-order valence-corrected chi connectivity index (χ4v) is 1.18. The number of rotatable bonds is 7. The number of alkyl halides is 13. The van der Waals surface area contributed by atoms with Crippen LogP contribution in [0.3, 0.4) is 0 Å². The summed E-state index contributed by atoms with van der Waals surface area (Å²) < 4.78 is 168. The fourth-order valence-electron chi connectivity index (χ4n) is 1.13. The lowest BCUT2D eigenvalue weighted by atomic mass is 9.94. The maximum atomic E-state index is 13.1. The van der Waals surface area contributed by atoms with Crippen molar-refractivity contribution in [3.63, 3.8) is 0 Å². The van der Waals surface area contributed by atoms with Crippen LogP contribution in [0, 0.1) is 0 Å². The van der Waals surface area contributed by atoms with E-state index in [1.165, 1.54) is 0 Å². The number of hydrogen-bond donors (Lipinski definition) is 0. The summed E-state index contributed by atoms with van der Waals surface area (Å²) in [7, 11) is 0. The van der Waals surface area contributed by atoms with Gasteiger partial charge in [-0.3, -0.25) is 0 Å². The van der Waals surface area contributed by atoms with Crippen LogP contribution in [-0.4, -0.2) is 48.4 Å². The van der Waals surface area contributed by atoms with Crippen molar-refractivity contribution in [1.29, 1.82) is 0 Å². The second kappa shape index (κ2) is 6.64. The van der Waals surface area contributed by atoms with E-state index in [4.69, 9.17) is 11.6 Å². The van der Waals surface area contributed by atoms with Gasteiger partial charge in [0, 0.05) is 0 Å². The first-order valence-corrected chi connectivity index (χ1v) is 5.93. The van der Waals surface area contributed by atoms with E-state index >= 15 is 0 Å². The Bertz CT molecular complexity index is 566. The minimum atomic E-state index is -8.01. The molecule has 0 bridgehead atoms. The summed E-state index contributed by atoms with van der Waals surface area (Å²) in [5, 5.41) is -1.26. The largest absolute Gasteiger partial charge is 0.460 e. The fraction of sp³-hybridized carbons (Fsp3) is 0.700. The number of carbonyl (C=O) groups is 1. The molecule has 0 heterocycles. The summed E-state index contributed by atoms with van der Waals surface area (Å²) in [5.74, 6) is -39.9. The minimum absolute atomic E-state index is 1.26. The van der Waals surface area contributed by atoms with Gasteiger partial charge in [-0.2, -0.15) is 57.1 Å². The van der Waals surface area contributed by atoms with Gasteiger partial charge in [-0.15, -0.1) is 0 Å². The van der Waals surface area contributed by atoms with Crippen LogP contribution in [0.5, 0.6) is 0 Å². The van der Waals surface area contributed by atoms with Gasteiger partial charge < -0.3 is 4.74 Å². The normalized spacial score (nSPS) is 15.0. The van der Waals surface area contributed by atoms with E-state index in [1.54, 1.807) is 0 Å². The molecule has 0 rings (SSSR count). The highest BCUT2D eigenvalue weighted by atomic mass is 35.5. The van der Waals surface area contributed by atoms with Crippen molar-refractivity contribution in [2.75, 3.05) is 6.61 Å². The number of hydrogen-bond acceptors (Lipinski definition) is 2. The molecule has 0 atom stereocenters. The molecule has 0 saturated carbocycles. The van der Waals surface area contributed by atoms with Gasteiger partial charge in [-0.05, 0) is 0 Å². The summed E-state index contributed by atoms with van der Waals surface area (Å²) in [6.45, 7) is -0.586. The highest BCUT2D eigenvalue weighted by Gasteiger charge is 2.90. The molecule has 0 radical (unpaired) electrons. The Morgan fingerprint density at radius 3 is 1.38 bits per heavy atom. The predicted octanol–water partition coefficient (Wildman–Crippen LogP) is 5.02. The van der Waals surface area contributed by atoms with Gasteiger partial charge in [-0.25, -0.2) is 4.79 Å². The molecule has 0 spiro atoms. The molecule has 0 saturated heterocycles. The van der Waals surface area contributed by atoms with Gasteiger partial charge in [0.05, 0.1) is 0 Å². The SMILES string of the molecule is C=C(Cl)C(=O)OCC(F)(F)C(F)(F)C(F)(F)C(F)(F)C(F)(F)C(F)(F)F. The van der Waals surface area contributed by atoms with E-state index in [-0.39, 0.29) is 0 Å². The highest BCUT2D eigenvalue weighted by Crippen LogP contribution is 2.60. The summed E-state index contributed by atoms with van der Waals surface area (Å²) in [6.07, 6.45) is -7.49. The first-order valence-electron chi connectivity index (χ1n) is 5.55.